The summed E-state index contributed by atoms with van der Waals surface area (Å²) in [7, 11) is 0. The summed E-state index contributed by atoms with van der Waals surface area (Å²) < 4.78 is 4.76. The van der Waals surface area contributed by atoms with Gasteiger partial charge in [-0.3, -0.25) is 5.32 Å². The van der Waals surface area contributed by atoms with Gasteiger partial charge in [-0.05, 0) is 18.2 Å². The van der Waals surface area contributed by atoms with Crippen molar-refractivity contribution in [3.8, 4) is 11.8 Å². The van der Waals surface area contributed by atoms with E-state index in [0.717, 1.165) is 0 Å². The molecular formula is C11H11Cl2NO2PbS. The van der Waals surface area contributed by atoms with Crippen molar-refractivity contribution >= 4 is 75.8 Å². The number of alkyl halides is 1. The zero-order chi connectivity index (χ0) is 11.8. The minimum atomic E-state index is -0.578. The molecule has 0 saturated heterocycles. The average molecular weight is 499 g/mol. The fourth-order valence-electron chi connectivity index (χ4n) is 0.920. The van der Waals surface area contributed by atoms with Gasteiger partial charge in [0.25, 0.3) is 0 Å². The van der Waals surface area contributed by atoms with Gasteiger partial charge in [-0.1, -0.05) is 29.5 Å². The largest absolute Gasteiger partial charge is 0.436 e. The summed E-state index contributed by atoms with van der Waals surface area (Å²) in [6.07, 6.45) is -0.578. The fourth-order valence-corrected chi connectivity index (χ4v) is 1.20. The van der Waals surface area contributed by atoms with E-state index in [2.05, 4.69) is 17.2 Å². The number of benzene rings is 1. The van der Waals surface area contributed by atoms with Crippen molar-refractivity contribution in [3.63, 3.8) is 0 Å². The predicted molar refractivity (Wildman–Crippen MR) is 81.1 cm³/mol. The second kappa shape index (κ2) is 12.0. The Labute approximate surface area is 143 Å². The molecule has 0 atom stereocenters. The van der Waals surface area contributed by atoms with Crippen LogP contribution in [0.5, 0.6) is 0 Å². The van der Waals surface area contributed by atoms with Gasteiger partial charge in [0.2, 0.25) is 0 Å². The van der Waals surface area contributed by atoms with Gasteiger partial charge < -0.3 is 4.74 Å². The Balaban J connectivity index is 0. The van der Waals surface area contributed by atoms with Crippen molar-refractivity contribution in [2.75, 3.05) is 17.8 Å². The van der Waals surface area contributed by atoms with Crippen LogP contribution in [-0.2, 0) is 4.74 Å². The van der Waals surface area contributed by atoms with Crippen LogP contribution in [0.15, 0.2) is 24.3 Å². The van der Waals surface area contributed by atoms with Crippen molar-refractivity contribution in [1.29, 1.82) is 0 Å². The van der Waals surface area contributed by atoms with Crippen molar-refractivity contribution in [2.24, 2.45) is 0 Å². The first-order valence-electron chi connectivity index (χ1n) is 4.43. The minimum absolute atomic E-state index is 0. The molecule has 0 bridgehead atoms. The summed E-state index contributed by atoms with van der Waals surface area (Å²) in [6, 6.07) is 6.76. The predicted octanol–water partition coefficient (Wildman–Crippen LogP) is 2.86. The number of amides is 1. The van der Waals surface area contributed by atoms with Gasteiger partial charge >= 0.3 is 6.09 Å². The summed E-state index contributed by atoms with van der Waals surface area (Å²) in [6.45, 7) is 0.0130. The molecule has 0 spiro atoms. The number of hydrogen-bond donors (Lipinski definition) is 1. The molecule has 0 fully saturated rings. The first kappa shape index (κ1) is 20.2. The summed E-state index contributed by atoms with van der Waals surface area (Å²) in [5.74, 6) is 5.36. The minimum Gasteiger partial charge on any atom is -0.436 e. The van der Waals surface area contributed by atoms with Gasteiger partial charge in [0.05, 0.1) is 5.88 Å². The molecule has 18 heavy (non-hydrogen) atoms. The van der Waals surface area contributed by atoms with E-state index in [1.54, 1.807) is 24.3 Å². The molecule has 4 radical (unpaired) electrons. The number of halogens is 2. The van der Waals surface area contributed by atoms with Crippen molar-refractivity contribution in [2.45, 2.75) is 0 Å². The van der Waals surface area contributed by atoms with Crippen molar-refractivity contribution in [3.05, 3.63) is 29.3 Å². The van der Waals surface area contributed by atoms with Gasteiger partial charge in [-0.15, -0.1) is 11.6 Å². The molecular weight excluding hydrogens is 488 g/mol. The van der Waals surface area contributed by atoms with E-state index >= 15 is 0 Å². The normalized spacial score (nSPS) is 7.89. The molecule has 3 nitrogen and oxygen atoms in total. The molecule has 1 amide bonds. The van der Waals surface area contributed by atoms with Crippen LogP contribution in [0.3, 0.4) is 0 Å². The number of hydrogen-bond acceptors (Lipinski definition) is 2. The molecule has 0 aliphatic heterocycles. The van der Waals surface area contributed by atoms with Crippen LogP contribution in [-0.4, -0.2) is 45.9 Å². The first-order valence-corrected chi connectivity index (χ1v) is 5.34. The number of nitrogens with one attached hydrogen (secondary N) is 1. The summed E-state index contributed by atoms with van der Waals surface area (Å²) >= 11 is 11.1. The third-order valence-electron chi connectivity index (χ3n) is 1.54. The Morgan fingerprint density at radius 2 is 2.11 bits per heavy atom. The van der Waals surface area contributed by atoms with Crippen LogP contribution in [0.4, 0.5) is 10.5 Å². The standard InChI is InChI=1S/C11H9Cl2NO2.Pb.H2S/c12-6-1-2-7-16-11(15)14-10-5-3-4-9(13)8-10;;/h3-5,8H,6-7H2,(H,14,15);;1H2. The van der Waals surface area contributed by atoms with E-state index in [1.165, 1.54) is 0 Å². The van der Waals surface area contributed by atoms with Crippen molar-refractivity contribution < 1.29 is 9.53 Å². The van der Waals surface area contributed by atoms with Crippen molar-refractivity contribution in [1.82, 2.24) is 0 Å². The van der Waals surface area contributed by atoms with E-state index in [0.29, 0.717) is 10.7 Å². The molecule has 96 valence electrons. The summed E-state index contributed by atoms with van der Waals surface area (Å²) in [5, 5.41) is 3.05. The Kier molecular flexibility index (Phi) is 13.4. The van der Waals surface area contributed by atoms with Crippen LogP contribution in [0.25, 0.3) is 0 Å². The molecule has 0 aliphatic rings. The Bertz CT molecular complexity index is 435. The van der Waals surface area contributed by atoms with Gasteiger partial charge in [-0.25, -0.2) is 4.79 Å². The Morgan fingerprint density at radius 3 is 2.72 bits per heavy atom. The maximum Gasteiger partial charge on any atom is 0.412 e. The number of carbonyl (C=O) groups excluding carboxylic acids is 1. The molecule has 1 N–H and O–H groups in total. The Hall–Kier alpha value is -0.0979. The molecule has 0 heterocycles. The molecule has 0 aliphatic carbocycles. The molecule has 0 saturated carbocycles. The number of anilines is 1. The third kappa shape index (κ3) is 8.92. The molecule has 1 aromatic carbocycles. The van der Waals surface area contributed by atoms with Gasteiger partial charge in [0.15, 0.2) is 6.61 Å². The fraction of sp³-hybridized carbons (Fsp3) is 0.182. The van der Waals surface area contributed by atoms with Crippen LogP contribution in [0.1, 0.15) is 0 Å². The number of carbonyl (C=O) groups is 1. The molecule has 0 unspecified atom stereocenters. The quantitative estimate of drug-likeness (QED) is 0.386. The van der Waals surface area contributed by atoms with Gasteiger partial charge in [0, 0.05) is 38.0 Å². The molecule has 7 heteroatoms. The van der Waals surface area contributed by atoms with E-state index in [4.69, 9.17) is 27.9 Å². The molecule has 1 rings (SSSR count). The maximum atomic E-state index is 11.2. The Morgan fingerprint density at radius 1 is 1.39 bits per heavy atom. The number of ether oxygens (including phenoxy) is 1. The zero-order valence-electron chi connectivity index (χ0n) is 9.30. The molecule has 1 aromatic rings. The maximum absolute atomic E-state index is 11.2. The zero-order valence-corrected chi connectivity index (χ0v) is 15.7. The second-order valence-corrected chi connectivity index (χ2v) is 3.40. The van der Waals surface area contributed by atoms with E-state index in [1.807, 2.05) is 0 Å². The van der Waals surface area contributed by atoms with Crippen LogP contribution in [0, 0.1) is 11.8 Å². The van der Waals surface area contributed by atoms with Crippen LogP contribution < -0.4 is 5.32 Å². The monoisotopic (exact) mass is 499 g/mol. The molecule has 0 aromatic heterocycles. The third-order valence-corrected chi connectivity index (χ3v) is 1.91. The van der Waals surface area contributed by atoms with E-state index < -0.39 is 6.09 Å². The second-order valence-electron chi connectivity index (χ2n) is 2.70. The van der Waals surface area contributed by atoms with Gasteiger partial charge in [-0.2, -0.15) is 13.5 Å². The van der Waals surface area contributed by atoms with Crippen LogP contribution >= 0.6 is 36.7 Å². The van der Waals surface area contributed by atoms with Crippen LogP contribution in [0.2, 0.25) is 5.02 Å². The SMILES string of the molecule is O=C(Nc1cccc(Cl)c1)OCC#CCCl.S.[Pb]. The summed E-state index contributed by atoms with van der Waals surface area (Å²) in [4.78, 5) is 11.2. The smallest absolute Gasteiger partial charge is 0.412 e. The topological polar surface area (TPSA) is 38.3 Å². The van der Waals surface area contributed by atoms with E-state index in [-0.39, 0.29) is 53.3 Å². The average Bonchev–Trinajstić information content (AvgIpc) is 2.24. The summed E-state index contributed by atoms with van der Waals surface area (Å²) in [5.41, 5.74) is 0.572. The van der Waals surface area contributed by atoms with Gasteiger partial charge in [0.1, 0.15) is 0 Å². The first-order chi connectivity index (χ1) is 7.72. The number of rotatable bonds is 2. The van der Waals surface area contributed by atoms with E-state index in [9.17, 15) is 4.79 Å².